The van der Waals surface area contributed by atoms with Crippen LogP contribution in [0, 0.1) is 0 Å². The fourth-order valence-corrected chi connectivity index (χ4v) is 4.77. The highest BCUT2D eigenvalue weighted by atomic mass is 32.2. The summed E-state index contributed by atoms with van der Waals surface area (Å²) < 4.78 is 37.6. The molecule has 0 bridgehead atoms. The van der Waals surface area contributed by atoms with E-state index in [1.165, 1.54) is 29.8 Å². The van der Waals surface area contributed by atoms with Crippen molar-refractivity contribution in [1.29, 1.82) is 0 Å². The van der Waals surface area contributed by atoms with Crippen LogP contribution in [0.2, 0.25) is 0 Å². The van der Waals surface area contributed by atoms with Gasteiger partial charge in [-0.2, -0.15) is 9.41 Å². The molecule has 1 heterocycles. The number of nitrogens with one attached hydrogen (secondary N) is 1. The van der Waals surface area contributed by atoms with E-state index in [0.717, 1.165) is 19.3 Å². The van der Waals surface area contributed by atoms with Gasteiger partial charge in [0.05, 0.1) is 25.3 Å². The molecule has 160 valence electrons. The topological polar surface area (TPSA) is 97.3 Å². The summed E-state index contributed by atoms with van der Waals surface area (Å²) in [6, 6.07) is 11.2. The first-order valence-corrected chi connectivity index (χ1v) is 11.1. The Hall–Kier alpha value is -2.91. The first kappa shape index (κ1) is 21.8. The molecule has 1 N–H and O–H groups in total. The lowest BCUT2D eigenvalue weighted by atomic mass is 10.2. The van der Waals surface area contributed by atoms with Gasteiger partial charge in [-0.1, -0.05) is 12.5 Å². The van der Waals surface area contributed by atoms with Gasteiger partial charge in [-0.3, -0.25) is 4.79 Å². The molecule has 2 aromatic carbocycles. The predicted octanol–water partition coefficient (Wildman–Crippen LogP) is 2.64. The van der Waals surface area contributed by atoms with Crippen molar-refractivity contribution in [1.82, 2.24) is 9.73 Å². The summed E-state index contributed by atoms with van der Waals surface area (Å²) in [7, 11) is -0.526. The molecular formula is C21H25N3O5S. The Bertz CT molecular complexity index is 1030. The van der Waals surface area contributed by atoms with Crippen molar-refractivity contribution in [2.24, 2.45) is 5.10 Å². The van der Waals surface area contributed by atoms with E-state index in [0.29, 0.717) is 30.2 Å². The van der Waals surface area contributed by atoms with Crippen molar-refractivity contribution in [2.45, 2.75) is 24.2 Å². The Balaban J connectivity index is 1.72. The molecular weight excluding hydrogens is 406 g/mol. The first-order valence-electron chi connectivity index (χ1n) is 9.61. The largest absolute Gasteiger partial charge is 0.497 e. The first-order chi connectivity index (χ1) is 14.5. The van der Waals surface area contributed by atoms with Gasteiger partial charge in [-0.25, -0.2) is 13.8 Å². The molecule has 8 nitrogen and oxygen atoms in total. The summed E-state index contributed by atoms with van der Waals surface area (Å²) in [4.78, 5) is 12.6. The van der Waals surface area contributed by atoms with Crippen molar-refractivity contribution in [2.75, 3.05) is 27.3 Å². The molecule has 1 aliphatic heterocycles. The van der Waals surface area contributed by atoms with Gasteiger partial charge in [0.25, 0.3) is 5.91 Å². The van der Waals surface area contributed by atoms with Gasteiger partial charge in [0.15, 0.2) is 0 Å². The van der Waals surface area contributed by atoms with E-state index in [1.807, 2.05) is 0 Å². The molecule has 1 saturated heterocycles. The fourth-order valence-electron chi connectivity index (χ4n) is 3.20. The lowest BCUT2D eigenvalue weighted by molar-refractivity contribution is 0.0955. The number of amides is 1. The monoisotopic (exact) mass is 431 g/mol. The fraction of sp³-hybridized carbons (Fsp3) is 0.333. The molecule has 9 heteroatoms. The predicted molar refractivity (Wildman–Crippen MR) is 114 cm³/mol. The number of hydrazone groups is 1. The van der Waals surface area contributed by atoms with Crippen molar-refractivity contribution in [3.8, 4) is 11.5 Å². The quantitative estimate of drug-likeness (QED) is 0.537. The molecule has 0 aromatic heterocycles. The van der Waals surface area contributed by atoms with E-state index >= 15 is 0 Å². The molecule has 1 amide bonds. The van der Waals surface area contributed by atoms with Crippen molar-refractivity contribution in [3.05, 3.63) is 53.6 Å². The summed E-state index contributed by atoms with van der Waals surface area (Å²) in [6.07, 6.45) is 4.18. The van der Waals surface area contributed by atoms with E-state index in [9.17, 15) is 13.2 Å². The molecule has 1 fully saturated rings. The Morgan fingerprint density at radius 2 is 1.83 bits per heavy atom. The van der Waals surface area contributed by atoms with Crippen LogP contribution in [-0.2, 0) is 10.0 Å². The highest BCUT2D eigenvalue weighted by Gasteiger charge is 2.26. The molecule has 0 atom stereocenters. The van der Waals surface area contributed by atoms with Gasteiger partial charge < -0.3 is 9.47 Å². The van der Waals surface area contributed by atoms with Gasteiger partial charge >= 0.3 is 0 Å². The Kier molecular flexibility index (Phi) is 7.07. The number of piperidine rings is 1. The molecule has 0 radical (unpaired) electrons. The summed E-state index contributed by atoms with van der Waals surface area (Å²) in [5, 5.41) is 3.96. The van der Waals surface area contributed by atoms with Crippen molar-refractivity contribution in [3.63, 3.8) is 0 Å². The van der Waals surface area contributed by atoms with Crippen LogP contribution in [0.5, 0.6) is 11.5 Å². The van der Waals surface area contributed by atoms with E-state index in [4.69, 9.17) is 9.47 Å². The van der Waals surface area contributed by atoms with Crippen molar-refractivity contribution < 1.29 is 22.7 Å². The van der Waals surface area contributed by atoms with Gasteiger partial charge in [0, 0.05) is 30.3 Å². The minimum atomic E-state index is -3.61. The second kappa shape index (κ2) is 9.73. The van der Waals surface area contributed by atoms with Crippen LogP contribution in [0.25, 0.3) is 0 Å². The standard InChI is InChI=1S/C21H25N3O5S/c1-28-18-10-9-17(20(14-18)29-2)15-22-23-21(25)16-7-6-8-19(13-16)30(26,27)24-11-4-3-5-12-24/h6-10,13-15H,3-5,11-12H2,1-2H3,(H,23,25). The lowest BCUT2D eigenvalue weighted by Gasteiger charge is -2.25. The number of carbonyl (C=O) groups excluding carboxylic acids is 1. The number of hydrogen-bond donors (Lipinski definition) is 1. The third-order valence-corrected chi connectivity index (χ3v) is 6.75. The number of hydrogen-bond acceptors (Lipinski definition) is 6. The van der Waals surface area contributed by atoms with Gasteiger partial charge in [-0.05, 0) is 43.2 Å². The summed E-state index contributed by atoms with van der Waals surface area (Å²) in [6.45, 7) is 1.01. The van der Waals surface area contributed by atoms with Crippen LogP contribution in [-0.4, -0.2) is 52.2 Å². The Morgan fingerprint density at radius 1 is 1.07 bits per heavy atom. The van der Waals surface area contributed by atoms with Crippen LogP contribution < -0.4 is 14.9 Å². The van der Waals surface area contributed by atoms with Crippen molar-refractivity contribution >= 4 is 22.1 Å². The third kappa shape index (κ3) is 4.98. The van der Waals surface area contributed by atoms with Gasteiger partial charge in [-0.15, -0.1) is 0 Å². The molecule has 0 aliphatic carbocycles. The molecule has 1 aliphatic rings. The Morgan fingerprint density at radius 3 is 2.53 bits per heavy atom. The number of rotatable bonds is 7. The highest BCUT2D eigenvalue weighted by Crippen LogP contribution is 2.23. The molecule has 3 rings (SSSR count). The maximum atomic E-state index is 12.8. The summed E-state index contributed by atoms with van der Waals surface area (Å²) in [5.74, 6) is 0.677. The highest BCUT2D eigenvalue weighted by molar-refractivity contribution is 7.89. The maximum absolute atomic E-state index is 12.8. The zero-order valence-corrected chi connectivity index (χ0v) is 17.8. The minimum Gasteiger partial charge on any atom is -0.497 e. The number of methoxy groups -OCH3 is 2. The smallest absolute Gasteiger partial charge is 0.271 e. The average Bonchev–Trinajstić information content (AvgIpc) is 2.79. The van der Waals surface area contributed by atoms with Gasteiger partial charge in [0.1, 0.15) is 11.5 Å². The second-order valence-electron chi connectivity index (χ2n) is 6.80. The number of ether oxygens (including phenoxy) is 2. The molecule has 0 spiro atoms. The number of nitrogens with zero attached hydrogens (tertiary/aromatic N) is 2. The lowest BCUT2D eigenvalue weighted by Crippen LogP contribution is -2.35. The third-order valence-electron chi connectivity index (χ3n) is 4.86. The number of benzene rings is 2. The molecule has 2 aromatic rings. The van der Waals surface area contributed by atoms with E-state index in [-0.39, 0.29) is 10.5 Å². The van der Waals surface area contributed by atoms with Crippen LogP contribution >= 0.6 is 0 Å². The van der Waals surface area contributed by atoms with Crippen LogP contribution in [0.15, 0.2) is 52.5 Å². The van der Waals surface area contributed by atoms with Gasteiger partial charge in [0.2, 0.25) is 10.0 Å². The normalized spacial score (nSPS) is 15.1. The average molecular weight is 432 g/mol. The zero-order chi connectivity index (χ0) is 21.6. The summed E-state index contributed by atoms with van der Waals surface area (Å²) in [5.41, 5.74) is 3.29. The second-order valence-corrected chi connectivity index (χ2v) is 8.74. The number of carbonyl (C=O) groups is 1. The van der Waals surface area contributed by atoms with E-state index in [2.05, 4.69) is 10.5 Å². The van der Waals surface area contributed by atoms with E-state index < -0.39 is 15.9 Å². The molecule has 0 saturated carbocycles. The number of sulfonamides is 1. The van der Waals surface area contributed by atoms with Crippen LogP contribution in [0.3, 0.4) is 0 Å². The molecule has 0 unspecified atom stereocenters. The van der Waals surface area contributed by atoms with Crippen LogP contribution in [0.4, 0.5) is 0 Å². The zero-order valence-electron chi connectivity index (χ0n) is 17.0. The molecule has 30 heavy (non-hydrogen) atoms. The Labute approximate surface area is 176 Å². The van der Waals surface area contributed by atoms with E-state index in [1.54, 1.807) is 37.4 Å². The van der Waals surface area contributed by atoms with Crippen LogP contribution in [0.1, 0.15) is 35.2 Å². The maximum Gasteiger partial charge on any atom is 0.271 e. The summed E-state index contributed by atoms with van der Waals surface area (Å²) >= 11 is 0. The SMILES string of the molecule is COc1ccc(C=NNC(=O)c2cccc(S(=O)(=O)N3CCCCC3)c2)c(OC)c1. The minimum absolute atomic E-state index is 0.109.